The number of aliphatic carboxylic acids is 1. The van der Waals surface area contributed by atoms with Gasteiger partial charge in [-0.15, -0.1) is 0 Å². The molecule has 0 atom stereocenters. The van der Waals surface area contributed by atoms with Gasteiger partial charge in [0.05, 0.1) is 11.3 Å². The Kier molecular flexibility index (Phi) is 10.5. The van der Waals surface area contributed by atoms with E-state index in [0.717, 1.165) is 37.9 Å². The molecule has 5 rings (SSSR count). The van der Waals surface area contributed by atoms with Crippen molar-refractivity contribution in [2.75, 3.05) is 24.5 Å². The Hall–Kier alpha value is -4.59. The lowest BCUT2D eigenvalue weighted by Gasteiger charge is -2.32. The molecule has 0 unspecified atom stereocenters. The summed E-state index contributed by atoms with van der Waals surface area (Å²) in [5, 5.41) is 9.64. The fourth-order valence-corrected chi connectivity index (χ4v) is 6.04. The fourth-order valence-electron chi connectivity index (χ4n) is 6.04. The molecule has 0 saturated carbocycles. The second-order valence-electron chi connectivity index (χ2n) is 13.3. The minimum absolute atomic E-state index is 0.0451. The highest BCUT2D eigenvalue weighted by Gasteiger charge is 2.26. The average Bonchev–Trinajstić information content (AvgIpc) is 3.03. The molecule has 1 N–H and O–H groups in total. The number of nitrogens with zero attached hydrogens (tertiary/aromatic N) is 4. The molecule has 0 bridgehead atoms. The summed E-state index contributed by atoms with van der Waals surface area (Å²) >= 11 is 0. The molecule has 0 radical (unpaired) electrons. The number of halogens is 1. The number of benzene rings is 3. The van der Waals surface area contributed by atoms with Gasteiger partial charge in [-0.25, -0.2) is 14.4 Å². The van der Waals surface area contributed by atoms with Crippen molar-refractivity contribution in [3.05, 3.63) is 124 Å². The molecular formula is C38H43FN4O3. The van der Waals surface area contributed by atoms with E-state index in [1.54, 1.807) is 18.3 Å². The monoisotopic (exact) mass is 622 g/mol. The van der Waals surface area contributed by atoms with Crippen LogP contribution >= 0.6 is 0 Å². The Labute approximate surface area is 271 Å². The van der Waals surface area contributed by atoms with Gasteiger partial charge in [-0.2, -0.15) is 0 Å². The van der Waals surface area contributed by atoms with Crippen LogP contribution in [0, 0.1) is 11.7 Å². The maximum absolute atomic E-state index is 13.9. The van der Waals surface area contributed by atoms with Gasteiger partial charge in [0, 0.05) is 25.8 Å². The van der Waals surface area contributed by atoms with Crippen LogP contribution in [0.15, 0.2) is 85.1 Å². The molecule has 3 aromatic carbocycles. The first-order chi connectivity index (χ1) is 22.0. The van der Waals surface area contributed by atoms with Gasteiger partial charge in [0.25, 0.3) is 5.91 Å². The van der Waals surface area contributed by atoms with Gasteiger partial charge in [0.15, 0.2) is 0 Å². The first kappa shape index (κ1) is 32.8. The minimum Gasteiger partial charge on any atom is -0.480 e. The second-order valence-corrected chi connectivity index (χ2v) is 13.3. The predicted octanol–water partition coefficient (Wildman–Crippen LogP) is 6.88. The largest absolute Gasteiger partial charge is 0.480 e. The number of amides is 1. The van der Waals surface area contributed by atoms with E-state index < -0.39 is 24.2 Å². The third kappa shape index (κ3) is 8.77. The van der Waals surface area contributed by atoms with Crippen molar-refractivity contribution >= 4 is 17.8 Å². The average molecular weight is 623 g/mol. The summed E-state index contributed by atoms with van der Waals surface area (Å²) in [5.74, 6) is -0.914. The van der Waals surface area contributed by atoms with Crippen LogP contribution in [0.1, 0.15) is 71.9 Å². The van der Waals surface area contributed by atoms with E-state index in [1.807, 2.05) is 6.07 Å². The maximum atomic E-state index is 13.9. The van der Waals surface area contributed by atoms with Crippen molar-refractivity contribution in [1.82, 2.24) is 14.9 Å². The van der Waals surface area contributed by atoms with Crippen molar-refractivity contribution in [1.29, 1.82) is 0 Å². The molecule has 46 heavy (non-hydrogen) atoms. The Balaban J connectivity index is 1.38. The number of anilines is 1. The Morgan fingerprint density at radius 3 is 2.26 bits per heavy atom. The predicted molar refractivity (Wildman–Crippen MR) is 178 cm³/mol. The van der Waals surface area contributed by atoms with Crippen molar-refractivity contribution < 1.29 is 19.1 Å². The number of carbonyl (C=O) groups excluding carboxylic acids is 1. The highest BCUT2D eigenvalue weighted by atomic mass is 19.1. The number of carboxylic acid groups (broad SMARTS) is 1. The van der Waals surface area contributed by atoms with Crippen molar-refractivity contribution in [3.63, 3.8) is 0 Å². The fraction of sp³-hybridized carbons (Fsp3) is 0.368. The Morgan fingerprint density at radius 2 is 1.61 bits per heavy atom. The zero-order valence-electron chi connectivity index (χ0n) is 27.0. The van der Waals surface area contributed by atoms with Crippen LogP contribution in [0.5, 0.6) is 0 Å². The van der Waals surface area contributed by atoms with E-state index >= 15 is 0 Å². The van der Waals surface area contributed by atoms with Crippen LogP contribution in [0.4, 0.5) is 10.3 Å². The molecule has 0 aliphatic carbocycles. The molecule has 4 aromatic rings. The molecule has 1 aliphatic rings. The molecule has 1 saturated heterocycles. The zero-order chi connectivity index (χ0) is 32.7. The smallest absolute Gasteiger partial charge is 0.323 e. The van der Waals surface area contributed by atoms with Crippen molar-refractivity contribution in [3.8, 4) is 0 Å². The van der Waals surface area contributed by atoms with Crippen LogP contribution in [0.25, 0.3) is 0 Å². The van der Waals surface area contributed by atoms with Gasteiger partial charge in [-0.1, -0.05) is 87.5 Å². The van der Waals surface area contributed by atoms with E-state index in [4.69, 9.17) is 4.98 Å². The van der Waals surface area contributed by atoms with Crippen LogP contribution in [0.2, 0.25) is 0 Å². The van der Waals surface area contributed by atoms with Crippen LogP contribution in [0.3, 0.4) is 0 Å². The normalized spacial score (nSPS) is 13.9. The second kappa shape index (κ2) is 14.7. The molecule has 0 spiro atoms. The topological polar surface area (TPSA) is 86.6 Å². The number of aryl methyl sites for hydroxylation is 2. The minimum atomic E-state index is -1.15. The number of hydrogen-bond donors (Lipinski definition) is 1. The lowest BCUT2D eigenvalue weighted by molar-refractivity contribution is -0.137. The van der Waals surface area contributed by atoms with Gasteiger partial charge in [0.1, 0.15) is 12.4 Å². The van der Waals surface area contributed by atoms with E-state index in [0.29, 0.717) is 36.0 Å². The third-order valence-electron chi connectivity index (χ3n) is 8.70. The van der Waals surface area contributed by atoms with Gasteiger partial charge in [0.2, 0.25) is 5.95 Å². The summed E-state index contributed by atoms with van der Waals surface area (Å²) in [7, 11) is 0. The van der Waals surface area contributed by atoms with Gasteiger partial charge < -0.3 is 14.9 Å². The highest BCUT2D eigenvalue weighted by Crippen LogP contribution is 2.26. The van der Waals surface area contributed by atoms with Crippen molar-refractivity contribution in [2.45, 2.75) is 64.8 Å². The number of aromatic nitrogens is 2. The van der Waals surface area contributed by atoms with E-state index in [1.165, 1.54) is 28.2 Å². The highest BCUT2D eigenvalue weighted by molar-refractivity contribution is 5.96. The van der Waals surface area contributed by atoms with Gasteiger partial charge >= 0.3 is 5.97 Å². The summed E-state index contributed by atoms with van der Waals surface area (Å²) in [5.41, 5.74) is 5.11. The first-order valence-corrected chi connectivity index (χ1v) is 16.0. The van der Waals surface area contributed by atoms with E-state index in [9.17, 15) is 19.1 Å². The third-order valence-corrected chi connectivity index (χ3v) is 8.70. The summed E-state index contributed by atoms with van der Waals surface area (Å²) in [6.07, 6.45) is 5.77. The number of piperidine rings is 1. The number of carboxylic acids is 1. The SMILES string of the molecule is CC(C)(C)c1ccc(CCc2nc(N3CCC(Cc4ccccc4)CC3)ncc2C(=O)N(CC(=O)O)Cc2cccc(F)c2)cc1. The molecule has 240 valence electrons. The number of carbonyl (C=O) groups is 2. The molecule has 1 aromatic heterocycles. The van der Waals surface area contributed by atoms with Crippen molar-refractivity contribution in [2.24, 2.45) is 5.92 Å². The molecule has 1 aliphatic heterocycles. The first-order valence-electron chi connectivity index (χ1n) is 16.0. The standard InChI is InChI=1S/C38H43FN4O3/c1-38(2,3)31-15-12-27(13-16-31)14-17-34-33(36(46)43(26-35(44)45)25-30-10-7-11-32(39)23-30)24-40-37(41-34)42-20-18-29(19-21-42)22-28-8-5-4-6-9-28/h4-13,15-16,23-24,29H,14,17-22,25-26H2,1-3H3,(H,44,45). The Bertz CT molecular complexity index is 1630. The lowest BCUT2D eigenvalue weighted by Crippen LogP contribution is -2.37. The molecule has 1 fully saturated rings. The Morgan fingerprint density at radius 1 is 0.913 bits per heavy atom. The summed E-state index contributed by atoms with van der Waals surface area (Å²) in [4.78, 5) is 38.7. The summed E-state index contributed by atoms with van der Waals surface area (Å²) in [6, 6.07) is 24.9. The summed E-state index contributed by atoms with van der Waals surface area (Å²) < 4.78 is 13.9. The maximum Gasteiger partial charge on any atom is 0.323 e. The van der Waals surface area contributed by atoms with Crippen LogP contribution in [-0.2, 0) is 36.0 Å². The van der Waals surface area contributed by atoms with E-state index in [-0.39, 0.29) is 17.5 Å². The van der Waals surface area contributed by atoms with Crippen LogP contribution < -0.4 is 4.90 Å². The van der Waals surface area contributed by atoms with Crippen LogP contribution in [-0.4, -0.2) is 51.5 Å². The lowest BCUT2D eigenvalue weighted by atomic mass is 9.86. The van der Waals surface area contributed by atoms with Gasteiger partial charge in [-0.05, 0) is 77.8 Å². The van der Waals surface area contributed by atoms with E-state index in [2.05, 4.69) is 79.2 Å². The number of rotatable bonds is 11. The zero-order valence-corrected chi connectivity index (χ0v) is 27.0. The number of hydrogen-bond acceptors (Lipinski definition) is 5. The molecular weight excluding hydrogens is 579 g/mol. The molecule has 7 nitrogen and oxygen atoms in total. The molecule has 8 heteroatoms. The summed E-state index contributed by atoms with van der Waals surface area (Å²) in [6.45, 7) is 7.61. The van der Waals surface area contributed by atoms with Gasteiger partial charge in [-0.3, -0.25) is 9.59 Å². The quantitative estimate of drug-likeness (QED) is 0.196. The molecule has 2 heterocycles. The molecule has 1 amide bonds.